The van der Waals surface area contributed by atoms with Gasteiger partial charge in [-0.1, -0.05) is 30.3 Å². The van der Waals surface area contributed by atoms with Gasteiger partial charge >= 0.3 is 0 Å². The lowest BCUT2D eigenvalue weighted by Gasteiger charge is -2.38. The zero-order chi connectivity index (χ0) is 17.8. The summed E-state index contributed by atoms with van der Waals surface area (Å²) in [4.78, 5) is 18.9. The molecule has 1 amide bonds. The van der Waals surface area contributed by atoms with E-state index in [2.05, 4.69) is 15.2 Å². The van der Waals surface area contributed by atoms with Gasteiger partial charge in [-0.25, -0.2) is 4.98 Å². The number of anilines is 2. The van der Waals surface area contributed by atoms with Crippen LogP contribution >= 0.6 is 0 Å². The van der Waals surface area contributed by atoms with Crippen molar-refractivity contribution in [2.24, 2.45) is 0 Å². The maximum atomic E-state index is 12.1. The van der Waals surface area contributed by atoms with E-state index in [4.69, 9.17) is 9.47 Å². The topological polar surface area (TPSA) is 63.7 Å². The minimum atomic E-state index is -0.373. The number of hydrogen-bond acceptors (Lipinski definition) is 5. The van der Waals surface area contributed by atoms with Crippen LogP contribution in [-0.2, 0) is 20.7 Å². The van der Waals surface area contributed by atoms with E-state index in [1.165, 1.54) is 0 Å². The molecule has 26 heavy (non-hydrogen) atoms. The van der Waals surface area contributed by atoms with Crippen LogP contribution in [0.25, 0.3) is 0 Å². The third kappa shape index (κ3) is 3.86. The molecule has 2 fully saturated rings. The van der Waals surface area contributed by atoms with Crippen molar-refractivity contribution in [3.63, 3.8) is 0 Å². The number of rotatable bonds is 4. The molecule has 0 atom stereocenters. The molecule has 6 nitrogen and oxygen atoms in total. The molecule has 2 saturated heterocycles. The molecule has 2 aromatic rings. The molecule has 1 aromatic heterocycles. The van der Waals surface area contributed by atoms with E-state index in [-0.39, 0.29) is 11.7 Å². The lowest BCUT2D eigenvalue weighted by atomic mass is 10.0. The number of piperidine rings is 1. The van der Waals surface area contributed by atoms with Crippen molar-refractivity contribution < 1.29 is 14.3 Å². The normalized spacial score (nSPS) is 18.8. The Balaban J connectivity index is 1.31. The van der Waals surface area contributed by atoms with E-state index in [0.717, 1.165) is 37.3 Å². The molecule has 0 bridgehead atoms. The van der Waals surface area contributed by atoms with Gasteiger partial charge in [-0.05, 0) is 17.7 Å². The number of carbonyl (C=O) groups excluding carboxylic acids is 1. The first-order valence-electron chi connectivity index (χ1n) is 9.05. The number of nitrogens with zero attached hydrogens (tertiary/aromatic N) is 2. The van der Waals surface area contributed by atoms with Crippen molar-refractivity contribution in [3.05, 3.63) is 54.2 Å². The number of hydrogen-bond donors (Lipinski definition) is 1. The second-order valence-electron chi connectivity index (χ2n) is 6.71. The van der Waals surface area contributed by atoms with Crippen LogP contribution < -0.4 is 10.2 Å². The smallest absolute Gasteiger partial charge is 0.228 e. The first-order chi connectivity index (χ1) is 12.7. The lowest BCUT2D eigenvalue weighted by Crippen LogP contribution is -2.45. The Labute approximate surface area is 153 Å². The van der Waals surface area contributed by atoms with E-state index in [1.807, 2.05) is 42.5 Å². The molecule has 136 valence electrons. The molecule has 1 aromatic carbocycles. The van der Waals surface area contributed by atoms with E-state index < -0.39 is 0 Å². The van der Waals surface area contributed by atoms with Crippen molar-refractivity contribution in [1.29, 1.82) is 0 Å². The number of pyridine rings is 1. The van der Waals surface area contributed by atoms with Gasteiger partial charge in [-0.3, -0.25) is 4.79 Å². The van der Waals surface area contributed by atoms with E-state index in [0.29, 0.717) is 25.3 Å². The van der Waals surface area contributed by atoms with Gasteiger partial charge in [0.2, 0.25) is 5.91 Å². The Hall–Kier alpha value is -2.44. The van der Waals surface area contributed by atoms with Crippen LogP contribution in [-0.4, -0.2) is 43.0 Å². The van der Waals surface area contributed by atoms with Crippen molar-refractivity contribution >= 4 is 17.4 Å². The highest BCUT2D eigenvalue weighted by molar-refractivity contribution is 5.92. The standard InChI is InChI=1S/C20H23N3O3/c24-19(14-16-4-2-1-3-5-16)22-17-6-7-18(21-15-17)23-10-8-20(9-11-23)25-12-13-26-20/h1-7,15H,8-14H2,(H,22,24). The monoisotopic (exact) mass is 353 g/mol. The van der Waals surface area contributed by atoms with E-state index in [1.54, 1.807) is 6.20 Å². The van der Waals surface area contributed by atoms with Gasteiger partial charge < -0.3 is 19.7 Å². The van der Waals surface area contributed by atoms with Crippen LogP contribution in [0.15, 0.2) is 48.7 Å². The predicted molar refractivity (Wildman–Crippen MR) is 99.1 cm³/mol. The Morgan fingerprint density at radius 2 is 1.81 bits per heavy atom. The summed E-state index contributed by atoms with van der Waals surface area (Å²) < 4.78 is 11.5. The molecule has 6 heteroatoms. The highest BCUT2D eigenvalue weighted by Crippen LogP contribution is 2.32. The fourth-order valence-electron chi connectivity index (χ4n) is 3.50. The largest absolute Gasteiger partial charge is 0.356 e. The van der Waals surface area contributed by atoms with Gasteiger partial charge in [0.25, 0.3) is 0 Å². The first kappa shape index (κ1) is 17.0. The zero-order valence-corrected chi connectivity index (χ0v) is 14.7. The van der Waals surface area contributed by atoms with Crippen molar-refractivity contribution in [2.45, 2.75) is 25.0 Å². The maximum Gasteiger partial charge on any atom is 0.228 e. The van der Waals surface area contributed by atoms with Gasteiger partial charge in [0.1, 0.15) is 5.82 Å². The second kappa shape index (κ2) is 7.43. The minimum Gasteiger partial charge on any atom is -0.356 e. The molecule has 0 saturated carbocycles. The number of carbonyl (C=O) groups is 1. The van der Waals surface area contributed by atoms with Crippen molar-refractivity contribution in [3.8, 4) is 0 Å². The Morgan fingerprint density at radius 3 is 2.46 bits per heavy atom. The highest BCUT2D eigenvalue weighted by atomic mass is 16.7. The van der Waals surface area contributed by atoms with Crippen LogP contribution in [0.5, 0.6) is 0 Å². The quantitative estimate of drug-likeness (QED) is 0.915. The summed E-state index contributed by atoms with van der Waals surface area (Å²) in [5.41, 5.74) is 1.71. The van der Waals surface area contributed by atoms with Gasteiger partial charge in [-0.15, -0.1) is 0 Å². The van der Waals surface area contributed by atoms with Crippen LogP contribution in [0.4, 0.5) is 11.5 Å². The fraction of sp³-hybridized carbons (Fsp3) is 0.400. The maximum absolute atomic E-state index is 12.1. The van der Waals surface area contributed by atoms with Crippen LogP contribution in [0.2, 0.25) is 0 Å². The molecule has 1 spiro atoms. The Bertz CT molecular complexity index is 733. The Morgan fingerprint density at radius 1 is 1.08 bits per heavy atom. The summed E-state index contributed by atoms with van der Waals surface area (Å²) >= 11 is 0. The average molecular weight is 353 g/mol. The molecule has 0 radical (unpaired) electrons. The van der Waals surface area contributed by atoms with Gasteiger partial charge in [0.05, 0.1) is 31.5 Å². The average Bonchev–Trinajstić information content (AvgIpc) is 3.12. The number of benzene rings is 1. The molecule has 1 N–H and O–H groups in total. The minimum absolute atomic E-state index is 0.0406. The molecule has 4 rings (SSSR count). The SMILES string of the molecule is O=C(Cc1ccccc1)Nc1ccc(N2CCC3(CC2)OCCO3)nc1. The summed E-state index contributed by atoms with van der Waals surface area (Å²) in [7, 11) is 0. The number of nitrogens with one attached hydrogen (secondary N) is 1. The van der Waals surface area contributed by atoms with Gasteiger partial charge in [0, 0.05) is 25.9 Å². The second-order valence-corrected chi connectivity index (χ2v) is 6.71. The van der Waals surface area contributed by atoms with Crippen LogP contribution in [0.1, 0.15) is 18.4 Å². The Kier molecular flexibility index (Phi) is 4.86. The lowest BCUT2D eigenvalue weighted by molar-refractivity contribution is -0.169. The van der Waals surface area contributed by atoms with Gasteiger partial charge in [-0.2, -0.15) is 0 Å². The highest BCUT2D eigenvalue weighted by Gasteiger charge is 2.39. The summed E-state index contributed by atoms with van der Waals surface area (Å²) in [5.74, 6) is 0.502. The van der Waals surface area contributed by atoms with Gasteiger partial charge in [0.15, 0.2) is 5.79 Å². The van der Waals surface area contributed by atoms with E-state index >= 15 is 0 Å². The first-order valence-corrected chi connectivity index (χ1v) is 9.05. The molecular formula is C20H23N3O3. The summed E-state index contributed by atoms with van der Waals surface area (Å²) in [6, 6.07) is 13.6. The number of aromatic nitrogens is 1. The van der Waals surface area contributed by atoms with E-state index in [9.17, 15) is 4.79 Å². The summed E-state index contributed by atoms with van der Waals surface area (Å²) in [5, 5.41) is 2.90. The number of amides is 1. The van der Waals surface area contributed by atoms with Crippen LogP contribution in [0, 0.1) is 0 Å². The number of ether oxygens (including phenoxy) is 2. The molecule has 2 aliphatic heterocycles. The third-order valence-electron chi connectivity index (χ3n) is 4.90. The summed E-state index contributed by atoms with van der Waals surface area (Å²) in [6.45, 7) is 3.09. The van der Waals surface area contributed by atoms with Crippen molar-refractivity contribution in [1.82, 2.24) is 4.98 Å². The third-order valence-corrected chi connectivity index (χ3v) is 4.90. The fourth-order valence-corrected chi connectivity index (χ4v) is 3.50. The molecular weight excluding hydrogens is 330 g/mol. The molecule has 2 aliphatic rings. The predicted octanol–water partition coefficient (Wildman–Crippen LogP) is 2.61. The summed E-state index contributed by atoms with van der Waals surface area (Å²) in [6.07, 6.45) is 3.77. The van der Waals surface area contributed by atoms with Crippen molar-refractivity contribution in [2.75, 3.05) is 36.5 Å². The van der Waals surface area contributed by atoms with Crippen LogP contribution in [0.3, 0.4) is 0 Å². The molecule has 0 unspecified atom stereocenters. The molecule has 3 heterocycles. The zero-order valence-electron chi connectivity index (χ0n) is 14.7. The molecule has 0 aliphatic carbocycles.